The lowest BCUT2D eigenvalue weighted by Crippen LogP contribution is -2.45. The summed E-state index contributed by atoms with van der Waals surface area (Å²) in [5.74, 6) is 2.96. The van der Waals surface area contributed by atoms with Crippen LogP contribution in [-0.4, -0.2) is 76.3 Å². The van der Waals surface area contributed by atoms with Gasteiger partial charge in [-0.2, -0.15) is 0 Å². The van der Waals surface area contributed by atoms with Crippen molar-refractivity contribution in [2.24, 2.45) is 0 Å². The average molecular weight is 346 g/mol. The molecule has 3 aliphatic rings. The van der Waals surface area contributed by atoms with Crippen molar-refractivity contribution in [3.8, 4) is 0 Å². The highest BCUT2D eigenvalue weighted by molar-refractivity contribution is 5.78. The molecule has 0 aliphatic carbocycles. The van der Waals surface area contributed by atoms with E-state index in [1.54, 1.807) is 0 Å². The Bertz CT molecular complexity index is 594. The van der Waals surface area contributed by atoms with Gasteiger partial charge in [-0.1, -0.05) is 0 Å². The predicted octanol–water partition coefficient (Wildman–Crippen LogP) is 0.616. The molecule has 4 rings (SSSR count). The van der Waals surface area contributed by atoms with Crippen LogP contribution in [0.4, 0.5) is 0 Å². The first-order valence-electron chi connectivity index (χ1n) is 9.94. The summed E-state index contributed by atoms with van der Waals surface area (Å²) in [5, 5.41) is 12.4. The van der Waals surface area contributed by atoms with Crippen LogP contribution in [0.1, 0.15) is 49.7 Å². The number of rotatable bonds is 3. The third kappa shape index (κ3) is 3.87. The highest BCUT2D eigenvalue weighted by Gasteiger charge is 2.29. The number of nitrogens with zero attached hydrogens (tertiary/aromatic N) is 5. The van der Waals surface area contributed by atoms with Crippen LogP contribution >= 0.6 is 0 Å². The van der Waals surface area contributed by atoms with Crippen LogP contribution in [0.5, 0.6) is 0 Å². The number of fused-ring (bicyclic) bond motifs is 1. The van der Waals surface area contributed by atoms with Gasteiger partial charge in [0.05, 0.1) is 6.54 Å². The molecule has 0 aromatic carbocycles. The monoisotopic (exact) mass is 346 g/mol. The molecule has 138 valence electrons. The van der Waals surface area contributed by atoms with Crippen LogP contribution < -0.4 is 5.32 Å². The molecule has 1 N–H and O–H groups in total. The standard InChI is InChI=1S/C18H30N6O/c25-17(23-10-2-1-3-11-23)14-22-9-4-5-15(13-22)18-21-20-16-6-7-19-8-12-24(16)18/h15,19H,1-14H2/t15-/m0/s1. The van der Waals surface area contributed by atoms with Gasteiger partial charge in [0.15, 0.2) is 0 Å². The fourth-order valence-corrected chi connectivity index (χ4v) is 4.44. The normalized spacial score (nSPS) is 25.4. The van der Waals surface area contributed by atoms with E-state index >= 15 is 0 Å². The average Bonchev–Trinajstić information content (AvgIpc) is 2.91. The Hall–Kier alpha value is -1.47. The molecule has 1 aromatic rings. The van der Waals surface area contributed by atoms with E-state index in [0.717, 1.165) is 89.6 Å². The number of hydrogen-bond acceptors (Lipinski definition) is 5. The van der Waals surface area contributed by atoms with E-state index in [0.29, 0.717) is 18.4 Å². The Kier molecular flexibility index (Phi) is 5.31. The number of piperidine rings is 2. The fourth-order valence-electron chi connectivity index (χ4n) is 4.44. The second kappa shape index (κ2) is 7.83. The lowest BCUT2D eigenvalue weighted by molar-refractivity contribution is -0.133. The molecule has 0 unspecified atom stereocenters. The van der Waals surface area contributed by atoms with E-state index in [9.17, 15) is 4.79 Å². The minimum absolute atomic E-state index is 0.310. The Morgan fingerprint density at radius 1 is 1.04 bits per heavy atom. The van der Waals surface area contributed by atoms with Crippen molar-refractivity contribution in [3.63, 3.8) is 0 Å². The van der Waals surface area contributed by atoms with E-state index in [-0.39, 0.29) is 0 Å². The molecule has 7 nitrogen and oxygen atoms in total. The maximum Gasteiger partial charge on any atom is 0.236 e. The number of aromatic nitrogens is 3. The lowest BCUT2D eigenvalue weighted by Gasteiger charge is -2.34. The zero-order chi connectivity index (χ0) is 17.1. The summed E-state index contributed by atoms with van der Waals surface area (Å²) in [6.07, 6.45) is 6.83. The largest absolute Gasteiger partial charge is 0.342 e. The maximum absolute atomic E-state index is 12.6. The van der Waals surface area contributed by atoms with Crippen LogP contribution in [0.25, 0.3) is 0 Å². The van der Waals surface area contributed by atoms with Gasteiger partial charge in [0.1, 0.15) is 11.6 Å². The highest BCUT2D eigenvalue weighted by Crippen LogP contribution is 2.26. The number of nitrogens with one attached hydrogen (secondary N) is 1. The molecule has 2 fully saturated rings. The predicted molar refractivity (Wildman–Crippen MR) is 95.4 cm³/mol. The number of carbonyl (C=O) groups is 1. The Balaban J connectivity index is 1.39. The summed E-state index contributed by atoms with van der Waals surface area (Å²) in [6.45, 7) is 7.35. The third-order valence-electron chi connectivity index (χ3n) is 5.83. The first-order valence-corrected chi connectivity index (χ1v) is 9.94. The summed E-state index contributed by atoms with van der Waals surface area (Å²) in [6, 6.07) is 0. The molecule has 4 heterocycles. The van der Waals surface area contributed by atoms with Crippen LogP contribution in [-0.2, 0) is 17.8 Å². The van der Waals surface area contributed by atoms with Crippen molar-refractivity contribution < 1.29 is 4.79 Å². The van der Waals surface area contributed by atoms with E-state index < -0.39 is 0 Å². The Labute approximate surface area is 149 Å². The Morgan fingerprint density at radius 2 is 1.92 bits per heavy atom. The second-order valence-electron chi connectivity index (χ2n) is 7.64. The molecule has 7 heteroatoms. The SMILES string of the molecule is O=C(CN1CCC[C@H](c2nnc3n2CCNCC3)C1)N1CCCCC1. The van der Waals surface area contributed by atoms with E-state index in [4.69, 9.17) is 0 Å². The zero-order valence-corrected chi connectivity index (χ0v) is 15.1. The molecule has 1 aromatic heterocycles. The van der Waals surface area contributed by atoms with Crippen LogP contribution in [0, 0.1) is 0 Å². The topological polar surface area (TPSA) is 66.3 Å². The molecule has 0 radical (unpaired) electrons. The number of likely N-dealkylation sites (tertiary alicyclic amines) is 2. The zero-order valence-electron chi connectivity index (χ0n) is 15.1. The van der Waals surface area contributed by atoms with E-state index in [2.05, 4.69) is 29.9 Å². The van der Waals surface area contributed by atoms with Gasteiger partial charge in [-0.25, -0.2) is 0 Å². The van der Waals surface area contributed by atoms with Crippen LogP contribution in [0.2, 0.25) is 0 Å². The van der Waals surface area contributed by atoms with Gasteiger partial charge >= 0.3 is 0 Å². The van der Waals surface area contributed by atoms with Crippen molar-refractivity contribution >= 4 is 5.91 Å². The van der Waals surface area contributed by atoms with Gasteiger partial charge in [-0.15, -0.1) is 10.2 Å². The molecular formula is C18H30N6O. The molecule has 2 saturated heterocycles. The van der Waals surface area contributed by atoms with E-state index in [1.165, 1.54) is 6.42 Å². The lowest BCUT2D eigenvalue weighted by atomic mass is 9.97. The minimum Gasteiger partial charge on any atom is -0.342 e. The minimum atomic E-state index is 0.310. The summed E-state index contributed by atoms with van der Waals surface area (Å²) < 4.78 is 2.32. The number of hydrogen-bond donors (Lipinski definition) is 1. The Morgan fingerprint density at radius 3 is 2.80 bits per heavy atom. The van der Waals surface area contributed by atoms with Gasteiger partial charge in [-0.3, -0.25) is 9.69 Å². The second-order valence-corrected chi connectivity index (χ2v) is 7.64. The van der Waals surface area contributed by atoms with Gasteiger partial charge in [0, 0.05) is 51.6 Å². The molecule has 25 heavy (non-hydrogen) atoms. The van der Waals surface area contributed by atoms with Crippen LogP contribution in [0.3, 0.4) is 0 Å². The van der Waals surface area contributed by atoms with Crippen molar-refractivity contribution in [2.75, 3.05) is 45.8 Å². The molecule has 1 amide bonds. The summed E-state index contributed by atoms with van der Waals surface area (Å²) in [4.78, 5) is 17.0. The molecule has 0 saturated carbocycles. The summed E-state index contributed by atoms with van der Waals surface area (Å²) >= 11 is 0. The highest BCUT2D eigenvalue weighted by atomic mass is 16.2. The number of carbonyl (C=O) groups excluding carboxylic acids is 1. The molecule has 0 spiro atoms. The van der Waals surface area contributed by atoms with Gasteiger partial charge in [0.2, 0.25) is 5.91 Å². The molecule has 0 bridgehead atoms. The van der Waals surface area contributed by atoms with E-state index in [1.807, 2.05) is 0 Å². The first-order chi connectivity index (χ1) is 12.3. The molecule has 3 aliphatic heterocycles. The summed E-state index contributed by atoms with van der Waals surface area (Å²) in [5.41, 5.74) is 0. The van der Waals surface area contributed by atoms with Gasteiger partial charge < -0.3 is 14.8 Å². The third-order valence-corrected chi connectivity index (χ3v) is 5.83. The van der Waals surface area contributed by atoms with Crippen molar-refractivity contribution in [3.05, 3.63) is 11.6 Å². The molecular weight excluding hydrogens is 316 g/mol. The van der Waals surface area contributed by atoms with Gasteiger partial charge in [-0.05, 0) is 38.6 Å². The van der Waals surface area contributed by atoms with Crippen molar-refractivity contribution in [1.29, 1.82) is 0 Å². The smallest absolute Gasteiger partial charge is 0.236 e. The first kappa shape index (κ1) is 17.0. The van der Waals surface area contributed by atoms with Crippen molar-refractivity contribution in [1.82, 2.24) is 29.9 Å². The summed E-state index contributed by atoms with van der Waals surface area (Å²) in [7, 11) is 0. The molecule has 1 atom stereocenters. The number of amides is 1. The maximum atomic E-state index is 12.6. The van der Waals surface area contributed by atoms with Crippen LogP contribution in [0.15, 0.2) is 0 Å². The fraction of sp³-hybridized carbons (Fsp3) is 0.833. The van der Waals surface area contributed by atoms with Gasteiger partial charge in [0.25, 0.3) is 0 Å². The van der Waals surface area contributed by atoms with Crippen molar-refractivity contribution in [2.45, 2.75) is 51.0 Å². The quantitative estimate of drug-likeness (QED) is 0.869.